The molecule has 0 aliphatic carbocycles. The third kappa shape index (κ3) is 5.32. The first kappa shape index (κ1) is 24.3. The topological polar surface area (TPSA) is 79.6 Å². The van der Waals surface area contributed by atoms with Gasteiger partial charge in [0.15, 0.2) is 11.5 Å². The van der Waals surface area contributed by atoms with Crippen LogP contribution in [0.3, 0.4) is 0 Å². The molecule has 1 heterocycles. The number of hydrogen-bond donors (Lipinski definition) is 0. The molecule has 0 N–H and O–H groups in total. The molecule has 0 atom stereocenters. The van der Waals surface area contributed by atoms with Crippen molar-refractivity contribution in [3.05, 3.63) is 98.7 Å². The van der Waals surface area contributed by atoms with Crippen LogP contribution in [-0.4, -0.2) is 23.2 Å². The summed E-state index contributed by atoms with van der Waals surface area (Å²) in [6.07, 6.45) is 1.57. The van der Waals surface area contributed by atoms with Crippen LogP contribution in [0.2, 0.25) is 5.02 Å². The van der Waals surface area contributed by atoms with Gasteiger partial charge >= 0.3 is 0 Å². The normalized spacial score (nSPS) is 14.3. The molecule has 0 unspecified atom stereocenters. The largest absolute Gasteiger partial charge is 0.493 e. The Balaban J connectivity index is 1.56. The average Bonchev–Trinajstić information content (AvgIpc) is 3.11. The first-order valence-corrected chi connectivity index (χ1v) is 11.6. The number of nitriles is 1. The van der Waals surface area contributed by atoms with Gasteiger partial charge in [0.2, 0.25) is 0 Å². The summed E-state index contributed by atoms with van der Waals surface area (Å²) >= 11 is 6.89. The molecule has 6 nitrogen and oxygen atoms in total. The molecule has 176 valence electrons. The number of methoxy groups -OCH3 is 1. The first-order valence-electron chi connectivity index (χ1n) is 10.4. The quantitative estimate of drug-likeness (QED) is 0.355. The molecule has 1 aliphatic rings. The lowest BCUT2D eigenvalue weighted by atomic mass is 10.1. The second kappa shape index (κ2) is 10.6. The predicted octanol–water partition coefficient (Wildman–Crippen LogP) is 6.17. The smallest absolute Gasteiger partial charge is 0.293 e. The fourth-order valence-electron chi connectivity index (χ4n) is 3.44. The Morgan fingerprint density at radius 3 is 2.66 bits per heavy atom. The Bertz CT molecular complexity index is 1370. The maximum Gasteiger partial charge on any atom is 0.293 e. The van der Waals surface area contributed by atoms with Crippen LogP contribution < -0.4 is 9.47 Å². The summed E-state index contributed by atoms with van der Waals surface area (Å²) in [5, 5.41) is 9.10. The number of ether oxygens (including phenoxy) is 2. The number of amides is 2. The van der Waals surface area contributed by atoms with Crippen molar-refractivity contribution in [3.8, 4) is 17.6 Å². The second-order valence-corrected chi connectivity index (χ2v) is 8.84. The van der Waals surface area contributed by atoms with E-state index in [9.17, 15) is 19.2 Å². The van der Waals surface area contributed by atoms with E-state index in [2.05, 4.69) is 6.07 Å². The maximum atomic E-state index is 14.1. The van der Waals surface area contributed by atoms with Gasteiger partial charge in [0.1, 0.15) is 12.4 Å². The number of halogens is 2. The number of carbonyl (C=O) groups excluding carboxylic acids is 2. The highest BCUT2D eigenvalue weighted by Gasteiger charge is 2.35. The van der Waals surface area contributed by atoms with Crippen LogP contribution >= 0.6 is 23.4 Å². The van der Waals surface area contributed by atoms with Crippen molar-refractivity contribution in [2.75, 3.05) is 7.11 Å². The van der Waals surface area contributed by atoms with E-state index < -0.39 is 17.0 Å². The van der Waals surface area contributed by atoms with Crippen molar-refractivity contribution >= 4 is 40.6 Å². The van der Waals surface area contributed by atoms with Crippen LogP contribution in [-0.2, 0) is 17.9 Å². The maximum absolute atomic E-state index is 14.1. The second-order valence-electron chi connectivity index (χ2n) is 7.44. The standard InChI is InChI=1S/C26H18ClFN2O4S/c1-33-22-10-9-16(11-23(22)34-15-19-20(27)7-4-8-21(19)28)12-24-25(31)30(26(32)35-24)14-18-6-3-2-5-17(18)13-29/h2-12H,14-15H2,1H3/b24-12+. The summed E-state index contributed by atoms with van der Waals surface area (Å²) in [5.74, 6) is -0.206. The first-order chi connectivity index (χ1) is 16.9. The molecule has 1 aliphatic heterocycles. The molecule has 1 saturated heterocycles. The van der Waals surface area contributed by atoms with Crippen molar-refractivity contribution in [3.63, 3.8) is 0 Å². The predicted molar refractivity (Wildman–Crippen MR) is 131 cm³/mol. The van der Waals surface area contributed by atoms with Crippen molar-refractivity contribution in [2.24, 2.45) is 0 Å². The minimum Gasteiger partial charge on any atom is -0.493 e. The summed E-state index contributed by atoms with van der Waals surface area (Å²) in [5.41, 5.74) is 1.79. The van der Waals surface area contributed by atoms with Crippen molar-refractivity contribution in [1.29, 1.82) is 5.26 Å². The molecule has 0 spiro atoms. The summed E-state index contributed by atoms with van der Waals surface area (Å²) < 4.78 is 25.2. The lowest BCUT2D eigenvalue weighted by molar-refractivity contribution is -0.123. The van der Waals surface area contributed by atoms with Crippen LogP contribution in [0.25, 0.3) is 6.08 Å². The van der Waals surface area contributed by atoms with Gasteiger partial charge in [-0.05, 0) is 59.3 Å². The highest BCUT2D eigenvalue weighted by Crippen LogP contribution is 2.36. The van der Waals surface area contributed by atoms with Crippen LogP contribution in [0, 0.1) is 17.1 Å². The van der Waals surface area contributed by atoms with Gasteiger partial charge in [0, 0.05) is 5.56 Å². The Morgan fingerprint density at radius 2 is 1.91 bits per heavy atom. The van der Waals surface area contributed by atoms with E-state index in [1.165, 1.54) is 19.2 Å². The molecular weight excluding hydrogens is 491 g/mol. The van der Waals surface area contributed by atoms with Crippen molar-refractivity contribution in [1.82, 2.24) is 4.90 Å². The van der Waals surface area contributed by atoms with Gasteiger partial charge in [-0.25, -0.2) is 4.39 Å². The van der Waals surface area contributed by atoms with Crippen LogP contribution in [0.4, 0.5) is 9.18 Å². The van der Waals surface area contributed by atoms with Crippen molar-refractivity contribution in [2.45, 2.75) is 13.2 Å². The fourth-order valence-corrected chi connectivity index (χ4v) is 4.50. The molecular formula is C26H18ClFN2O4S. The molecule has 0 saturated carbocycles. The molecule has 0 bridgehead atoms. The number of carbonyl (C=O) groups is 2. The molecule has 0 aromatic heterocycles. The van der Waals surface area contributed by atoms with Gasteiger partial charge in [-0.1, -0.05) is 41.9 Å². The third-order valence-corrected chi connectivity index (χ3v) is 6.52. The van der Waals surface area contributed by atoms with E-state index in [0.717, 1.165) is 16.7 Å². The number of benzene rings is 3. The Hall–Kier alpha value is -3.80. The van der Waals surface area contributed by atoms with Gasteiger partial charge < -0.3 is 9.47 Å². The molecule has 9 heteroatoms. The van der Waals surface area contributed by atoms with Gasteiger partial charge in [-0.2, -0.15) is 5.26 Å². The average molecular weight is 509 g/mol. The Labute approximate surface area is 210 Å². The van der Waals surface area contributed by atoms with E-state index in [-0.39, 0.29) is 28.6 Å². The minimum absolute atomic E-state index is 0.00606. The lowest BCUT2D eigenvalue weighted by Crippen LogP contribution is -2.27. The molecule has 4 rings (SSSR count). The van der Waals surface area contributed by atoms with Gasteiger partial charge in [0.05, 0.1) is 35.2 Å². The van der Waals surface area contributed by atoms with Gasteiger partial charge in [-0.15, -0.1) is 0 Å². The zero-order valence-electron chi connectivity index (χ0n) is 18.5. The number of nitrogens with zero attached hydrogens (tertiary/aromatic N) is 2. The third-order valence-electron chi connectivity index (χ3n) is 5.26. The lowest BCUT2D eigenvalue weighted by Gasteiger charge is -2.13. The molecule has 0 radical (unpaired) electrons. The summed E-state index contributed by atoms with van der Waals surface area (Å²) in [7, 11) is 1.47. The zero-order valence-corrected chi connectivity index (χ0v) is 20.0. The minimum atomic E-state index is -0.487. The van der Waals surface area contributed by atoms with Gasteiger partial charge in [0.25, 0.3) is 11.1 Å². The van der Waals surface area contributed by atoms with Crippen LogP contribution in [0.15, 0.2) is 65.6 Å². The highest BCUT2D eigenvalue weighted by molar-refractivity contribution is 8.18. The number of thioether (sulfide) groups is 1. The fraction of sp³-hybridized carbons (Fsp3) is 0.115. The monoisotopic (exact) mass is 508 g/mol. The SMILES string of the molecule is COc1ccc(/C=C2/SC(=O)N(Cc3ccccc3C#N)C2=O)cc1OCc1c(F)cccc1Cl. The molecule has 3 aromatic rings. The van der Waals surface area contributed by atoms with E-state index in [1.807, 2.05) is 0 Å². The molecule has 1 fully saturated rings. The highest BCUT2D eigenvalue weighted by atomic mass is 35.5. The number of rotatable bonds is 7. The Morgan fingerprint density at radius 1 is 1.11 bits per heavy atom. The van der Waals surface area contributed by atoms with E-state index in [4.69, 9.17) is 21.1 Å². The van der Waals surface area contributed by atoms with Crippen LogP contribution in [0.5, 0.6) is 11.5 Å². The van der Waals surface area contributed by atoms with Crippen molar-refractivity contribution < 1.29 is 23.5 Å². The van der Waals surface area contributed by atoms with Crippen LogP contribution in [0.1, 0.15) is 22.3 Å². The molecule has 35 heavy (non-hydrogen) atoms. The van der Waals surface area contributed by atoms with E-state index in [1.54, 1.807) is 54.6 Å². The molecule has 2 amide bonds. The number of hydrogen-bond acceptors (Lipinski definition) is 6. The zero-order chi connectivity index (χ0) is 24.9. The Kier molecular flexibility index (Phi) is 7.39. The summed E-state index contributed by atoms with van der Waals surface area (Å²) in [6, 6.07) is 18.3. The van der Waals surface area contributed by atoms with Gasteiger partial charge in [-0.3, -0.25) is 14.5 Å². The van der Waals surface area contributed by atoms with E-state index >= 15 is 0 Å². The van der Waals surface area contributed by atoms with E-state index in [0.29, 0.717) is 28.2 Å². The summed E-state index contributed by atoms with van der Waals surface area (Å²) in [6.45, 7) is -0.119. The number of imide groups is 1. The molecule has 3 aromatic carbocycles. The summed E-state index contributed by atoms with van der Waals surface area (Å²) in [4.78, 5) is 26.8.